The van der Waals surface area contributed by atoms with Gasteiger partial charge in [-0.25, -0.2) is 18.7 Å². The van der Waals surface area contributed by atoms with Crippen LogP contribution in [0.25, 0.3) is 16.9 Å². The van der Waals surface area contributed by atoms with Crippen LogP contribution in [0.1, 0.15) is 42.9 Å². The molecule has 31 heavy (non-hydrogen) atoms. The Balaban J connectivity index is 1.80. The van der Waals surface area contributed by atoms with Gasteiger partial charge in [-0.15, -0.1) is 0 Å². The summed E-state index contributed by atoms with van der Waals surface area (Å²) in [6, 6.07) is 13.7. The van der Waals surface area contributed by atoms with Crippen molar-refractivity contribution in [3.63, 3.8) is 0 Å². The summed E-state index contributed by atoms with van der Waals surface area (Å²) in [6.45, 7) is 2.48. The largest absolute Gasteiger partial charge is 0.337 e. The normalized spacial score (nSPS) is 14.5. The number of rotatable bonds is 4. The van der Waals surface area contributed by atoms with Gasteiger partial charge in [0.05, 0.1) is 12.0 Å². The number of imidazole rings is 1. The zero-order valence-corrected chi connectivity index (χ0v) is 17.3. The highest BCUT2D eigenvalue weighted by Gasteiger charge is 2.26. The maximum Gasteiger partial charge on any atom is 0.337 e. The molecule has 2 heterocycles. The van der Waals surface area contributed by atoms with Crippen LogP contribution in [0.15, 0.2) is 64.4 Å². The van der Waals surface area contributed by atoms with Gasteiger partial charge in [0.15, 0.2) is 11.2 Å². The predicted molar refractivity (Wildman–Crippen MR) is 117 cm³/mol. The minimum atomic E-state index is -0.462. The molecular formula is C24H23FN4O2. The third-order valence-electron chi connectivity index (χ3n) is 6.21. The summed E-state index contributed by atoms with van der Waals surface area (Å²) in [4.78, 5) is 31.5. The quantitative estimate of drug-likeness (QED) is 0.504. The fourth-order valence-corrected chi connectivity index (χ4v) is 4.58. The van der Waals surface area contributed by atoms with Crippen LogP contribution < -0.4 is 11.2 Å². The van der Waals surface area contributed by atoms with Gasteiger partial charge in [0.1, 0.15) is 5.82 Å². The van der Waals surface area contributed by atoms with E-state index in [0.717, 1.165) is 36.8 Å². The Labute approximate surface area is 178 Å². The van der Waals surface area contributed by atoms with Crippen LogP contribution in [0.5, 0.6) is 0 Å². The summed E-state index contributed by atoms with van der Waals surface area (Å²) in [5, 5.41) is 0. The van der Waals surface area contributed by atoms with Gasteiger partial charge >= 0.3 is 5.69 Å². The van der Waals surface area contributed by atoms with Crippen LogP contribution in [0.2, 0.25) is 0 Å². The molecule has 2 aromatic heterocycles. The third-order valence-corrected chi connectivity index (χ3v) is 6.21. The van der Waals surface area contributed by atoms with Gasteiger partial charge in [-0.1, -0.05) is 43.2 Å². The first kappa shape index (κ1) is 19.5. The lowest BCUT2D eigenvalue weighted by molar-refractivity contribution is 0.474. The molecule has 6 nitrogen and oxygen atoms in total. The van der Waals surface area contributed by atoms with E-state index in [1.807, 2.05) is 31.2 Å². The summed E-state index contributed by atoms with van der Waals surface area (Å²) < 4.78 is 18.5. The molecule has 0 aliphatic heterocycles. The molecule has 4 aromatic rings. The highest BCUT2D eigenvalue weighted by molar-refractivity contribution is 5.72. The Morgan fingerprint density at radius 1 is 1.06 bits per heavy atom. The van der Waals surface area contributed by atoms with E-state index in [0.29, 0.717) is 17.7 Å². The average Bonchev–Trinajstić information content (AvgIpc) is 3.41. The van der Waals surface area contributed by atoms with Crippen molar-refractivity contribution in [2.24, 2.45) is 0 Å². The van der Waals surface area contributed by atoms with E-state index in [1.165, 1.54) is 21.3 Å². The van der Waals surface area contributed by atoms with Gasteiger partial charge in [-0.2, -0.15) is 0 Å². The first-order valence-electron chi connectivity index (χ1n) is 10.6. The van der Waals surface area contributed by atoms with Crippen LogP contribution in [0, 0.1) is 12.7 Å². The van der Waals surface area contributed by atoms with E-state index in [1.54, 1.807) is 23.0 Å². The summed E-state index contributed by atoms with van der Waals surface area (Å²) >= 11 is 0. The molecular weight excluding hydrogens is 395 g/mol. The molecule has 158 valence electrons. The van der Waals surface area contributed by atoms with Crippen molar-refractivity contribution < 1.29 is 4.39 Å². The lowest BCUT2D eigenvalue weighted by Crippen LogP contribution is -2.41. The number of nitrogens with zero attached hydrogens (tertiary/aromatic N) is 4. The first-order valence-corrected chi connectivity index (χ1v) is 10.6. The standard InChI is InChI=1S/C24H23FN4O2/c1-16-7-2-3-8-17(16)14-27-15-26-22-21(27)23(30)29(19-10-4-5-11-19)24(31)28(22)20-12-6-9-18(25)13-20/h2-3,6-9,12-13,15,19H,4-5,10-11,14H2,1H3. The fourth-order valence-electron chi connectivity index (χ4n) is 4.58. The van der Waals surface area contributed by atoms with Gasteiger partial charge in [-0.3, -0.25) is 9.36 Å². The highest BCUT2D eigenvalue weighted by atomic mass is 19.1. The van der Waals surface area contributed by atoms with Crippen LogP contribution in [0.4, 0.5) is 4.39 Å². The van der Waals surface area contributed by atoms with Crippen LogP contribution >= 0.6 is 0 Å². The topological polar surface area (TPSA) is 61.8 Å². The molecule has 0 atom stereocenters. The fraction of sp³-hybridized carbons (Fsp3) is 0.292. The molecule has 2 aromatic carbocycles. The maximum absolute atomic E-state index is 14.0. The molecule has 0 amide bonds. The summed E-state index contributed by atoms with van der Waals surface area (Å²) in [6.07, 6.45) is 5.13. The number of hydrogen-bond donors (Lipinski definition) is 0. The van der Waals surface area contributed by atoms with Crippen molar-refractivity contribution in [3.05, 3.63) is 92.6 Å². The number of aromatic nitrogens is 4. The Hall–Kier alpha value is -3.48. The molecule has 0 unspecified atom stereocenters. The van der Waals surface area contributed by atoms with Crippen molar-refractivity contribution in [1.82, 2.24) is 18.7 Å². The van der Waals surface area contributed by atoms with Crippen molar-refractivity contribution in [1.29, 1.82) is 0 Å². The van der Waals surface area contributed by atoms with E-state index < -0.39 is 11.5 Å². The molecule has 0 saturated heterocycles. The molecule has 1 aliphatic carbocycles. The molecule has 0 N–H and O–H groups in total. The number of fused-ring (bicyclic) bond motifs is 1. The molecule has 5 rings (SSSR count). The number of benzene rings is 2. The number of halogens is 1. The maximum atomic E-state index is 14.0. The molecule has 0 bridgehead atoms. The van der Waals surface area contributed by atoms with Crippen LogP contribution in [-0.2, 0) is 6.54 Å². The van der Waals surface area contributed by atoms with Crippen LogP contribution in [-0.4, -0.2) is 18.7 Å². The smallest absolute Gasteiger partial charge is 0.320 e. The van der Waals surface area contributed by atoms with Gasteiger partial charge in [0.2, 0.25) is 0 Å². The third kappa shape index (κ3) is 3.30. The van der Waals surface area contributed by atoms with Gasteiger partial charge in [0, 0.05) is 12.6 Å². The number of aryl methyl sites for hydroxylation is 1. The SMILES string of the molecule is Cc1ccccc1Cn1cnc2c1c(=O)n(C1CCCC1)c(=O)n2-c1cccc(F)c1. The second kappa shape index (κ2) is 7.65. The second-order valence-corrected chi connectivity index (χ2v) is 8.18. The Morgan fingerprint density at radius 3 is 2.58 bits per heavy atom. The highest BCUT2D eigenvalue weighted by Crippen LogP contribution is 2.28. The lowest BCUT2D eigenvalue weighted by Gasteiger charge is -2.17. The van der Waals surface area contributed by atoms with Gasteiger partial charge in [-0.05, 0) is 49.1 Å². The van der Waals surface area contributed by atoms with Crippen molar-refractivity contribution in [2.45, 2.75) is 45.2 Å². The minimum absolute atomic E-state index is 0.147. The van der Waals surface area contributed by atoms with Crippen molar-refractivity contribution >= 4 is 11.2 Å². The zero-order chi connectivity index (χ0) is 21.5. The summed E-state index contributed by atoms with van der Waals surface area (Å²) in [5.41, 5.74) is 2.36. The minimum Gasteiger partial charge on any atom is -0.320 e. The second-order valence-electron chi connectivity index (χ2n) is 8.18. The predicted octanol–water partition coefficient (Wildman–Crippen LogP) is 3.96. The van der Waals surface area contributed by atoms with Crippen LogP contribution in [0.3, 0.4) is 0 Å². The molecule has 0 spiro atoms. The zero-order valence-electron chi connectivity index (χ0n) is 17.3. The average molecular weight is 418 g/mol. The van der Waals surface area contributed by atoms with E-state index in [-0.39, 0.29) is 17.2 Å². The van der Waals surface area contributed by atoms with E-state index in [4.69, 9.17) is 0 Å². The lowest BCUT2D eigenvalue weighted by atomic mass is 10.1. The number of hydrogen-bond acceptors (Lipinski definition) is 3. The van der Waals surface area contributed by atoms with E-state index in [9.17, 15) is 14.0 Å². The van der Waals surface area contributed by atoms with Gasteiger partial charge < -0.3 is 4.57 Å². The molecule has 1 aliphatic rings. The van der Waals surface area contributed by atoms with Gasteiger partial charge in [0.25, 0.3) is 5.56 Å². The summed E-state index contributed by atoms with van der Waals surface area (Å²) in [7, 11) is 0. The Kier molecular flexibility index (Phi) is 4.81. The van der Waals surface area contributed by atoms with Crippen molar-refractivity contribution in [2.75, 3.05) is 0 Å². The monoisotopic (exact) mass is 418 g/mol. The summed E-state index contributed by atoms with van der Waals surface area (Å²) in [5.74, 6) is -0.449. The molecule has 7 heteroatoms. The Morgan fingerprint density at radius 2 is 1.84 bits per heavy atom. The molecule has 1 fully saturated rings. The molecule has 1 saturated carbocycles. The first-order chi connectivity index (χ1) is 15.0. The van der Waals surface area contributed by atoms with Crippen molar-refractivity contribution in [3.8, 4) is 5.69 Å². The Bertz CT molecular complexity index is 1390. The van der Waals surface area contributed by atoms with E-state index in [2.05, 4.69) is 4.98 Å². The molecule has 0 radical (unpaired) electrons. The van der Waals surface area contributed by atoms with E-state index >= 15 is 0 Å².